The van der Waals surface area contributed by atoms with Crippen LogP contribution >= 0.6 is 0 Å². The van der Waals surface area contributed by atoms with Gasteiger partial charge in [-0.1, -0.05) is 66.7 Å². The number of nitrogens with zero attached hydrogens (tertiary/aromatic N) is 3. The molecule has 0 saturated carbocycles. The SMILES string of the molecule is Cc1ccccc1CC(=O)N1C[C@H](c2nc(-c3ccccc3)no2)[C@@H](C)C1. The van der Waals surface area contributed by atoms with Gasteiger partial charge in [0.2, 0.25) is 17.6 Å². The molecule has 1 amide bonds. The molecular formula is C22H23N3O2. The second-order valence-corrected chi connectivity index (χ2v) is 7.31. The summed E-state index contributed by atoms with van der Waals surface area (Å²) in [4.78, 5) is 19.3. The lowest BCUT2D eigenvalue weighted by atomic mass is 9.98. The number of hydrogen-bond acceptors (Lipinski definition) is 4. The maximum Gasteiger partial charge on any atom is 0.232 e. The lowest BCUT2D eigenvalue weighted by Crippen LogP contribution is -2.30. The summed E-state index contributed by atoms with van der Waals surface area (Å²) in [5, 5.41) is 4.13. The summed E-state index contributed by atoms with van der Waals surface area (Å²) in [6, 6.07) is 17.8. The molecule has 2 atom stereocenters. The molecule has 5 nitrogen and oxygen atoms in total. The number of benzene rings is 2. The number of likely N-dealkylation sites (tertiary alicyclic amines) is 1. The van der Waals surface area contributed by atoms with Crippen LogP contribution in [0.2, 0.25) is 0 Å². The van der Waals surface area contributed by atoms with Gasteiger partial charge in [0.05, 0.1) is 12.3 Å². The van der Waals surface area contributed by atoms with E-state index in [1.165, 1.54) is 0 Å². The average molecular weight is 361 g/mol. The molecule has 0 radical (unpaired) electrons. The Balaban J connectivity index is 1.46. The van der Waals surface area contributed by atoms with Gasteiger partial charge < -0.3 is 9.42 Å². The number of carbonyl (C=O) groups is 1. The molecular weight excluding hydrogens is 338 g/mol. The largest absolute Gasteiger partial charge is 0.341 e. The first-order valence-electron chi connectivity index (χ1n) is 9.33. The van der Waals surface area contributed by atoms with Crippen molar-refractivity contribution in [3.63, 3.8) is 0 Å². The zero-order valence-electron chi connectivity index (χ0n) is 15.6. The normalized spacial score (nSPS) is 19.4. The van der Waals surface area contributed by atoms with Crippen molar-refractivity contribution in [1.82, 2.24) is 15.0 Å². The summed E-state index contributed by atoms with van der Waals surface area (Å²) in [7, 11) is 0. The van der Waals surface area contributed by atoms with Gasteiger partial charge in [0.25, 0.3) is 0 Å². The second kappa shape index (κ2) is 7.35. The van der Waals surface area contributed by atoms with Gasteiger partial charge in [0, 0.05) is 18.7 Å². The standard InChI is InChI=1S/C22H23N3O2/c1-15-8-6-7-11-18(15)12-20(26)25-13-16(2)19(14-25)22-23-21(24-27-22)17-9-4-3-5-10-17/h3-11,16,19H,12-14H2,1-2H3/t16-,19-/m0/s1. The third-order valence-electron chi connectivity index (χ3n) is 5.36. The molecule has 0 N–H and O–H groups in total. The maximum absolute atomic E-state index is 12.8. The van der Waals surface area contributed by atoms with E-state index in [0.717, 1.165) is 23.2 Å². The van der Waals surface area contributed by atoms with Crippen molar-refractivity contribution in [2.45, 2.75) is 26.2 Å². The molecule has 2 aromatic carbocycles. The quantitative estimate of drug-likeness (QED) is 0.708. The number of hydrogen-bond donors (Lipinski definition) is 0. The van der Waals surface area contributed by atoms with Gasteiger partial charge in [-0.15, -0.1) is 0 Å². The van der Waals surface area contributed by atoms with Crippen molar-refractivity contribution in [3.05, 3.63) is 71.6 Å². The molecule has 4 rings (SSSR count). The van der Waals surface area contributed by atoms with Crippen LogP contribution in [-0.4, -0.2) is 34.0 Å². The fraction of sp³-hybridized carbons (Fsp3) is 0.318. The monoisotopic (exact) mass is 361 g/mol. The van der Waals surface area contributed by atoms with Crippen molar-refractivity contribution in [1.29, 1.82) is 0 Å². The molecule has 2 heterocycles. The highest BCUT2D eigenvalue weighted by Crippen LogP contribution is 2.32. The zero-order valence-corrected chi connectivity index (χ0v) is 15.6. The van der Waals surface area contributed by atoms with Crippen molar-refractivity contribution in [2.24, 2.45) is 5.92 Å². The first kappa shape index (κ1) is 17.5. The van der Waals surface area contributed by atoms with Crippen molar-refractivity contribution < 1.29 is 9.32 Å². The highest BCUT2D eigenvalue weighted by atomic mass is 16.5. The smallest absolute Gasteiger partial charge is 0.232 e. The summed E-state index contributed by atoms with van der Waals surface area (Å²) >= 11 is 0. The second-order valence-electron chi connectivity index (χ2n) is 7.31. The van der Waals surface area contributed by atoms with Crippen LogP contribution in [0.1, 0.15) is 29.9 Å². The van der Waals surface area contributed by atoms with Gasteiger partial charge in [-0.3, -0.25) is 4.79 Å². The summed E-state index contributed by atoms with van der Waals surface area (Å²) < 4.78 is 5.54. The van der Waals surface area contributed by atoms with E-state index < -0.39 is 0 Å². The van der Waals surface area contributed by atoms with Crippen LogP contribution in [0.5, 0.6) is 0 Å². The highest BCUT2D eigenvalue weighted by Gasteiger charge is 2.36. The van der Waals surface area contributed by atoms with E-state index in [0.29, 0.717) is 24.7 Å². The Morgan fingerprint density at radius 2 is 1.85 bits per heavy atom. The van der Waals surface area contributed by atoms with Crippen LogP contribution in [0.25, 0.3) is 11.4 Å². The summed E-state index contributed by atoms with van der Waals surface area (Å²) in [5.74, 6) is 1.74. The summed E-state index contributed by atoms with van der Waals surface area (Å²) in [5.41, 5.74) is 3.17. The molecule has 0 spiro atoms. The Kier molecular flexibility index (Phi) is 4.75. The molecule has 1 aliphatic rings. The predicted octanol–water partition coefficient (Wildman–Crippen LogP) is 3.85. The fourth-order valence-electron chi connectivity index (χ4n) is 3.67. The Morgan fingerprint density at radius 1 is 1.11 bits per heavy atom. The van der Waals surface area contributed by atoms with E-state index in [4.69, 9.17) is 4.52 Å². The van der Waals surface area contributed by atoms with Crippen molar-refractivity contribution in [3.8, 4) is 11.4 Å². The molecule has 0 aliphatic carbocycles. The van der Waals surface area contributed by atoms with Crippen LogP contribution in [0.3, 0.4) is 0 Å². The topological polar surface area (TPSA) is 59.2 Å². The number of rotatable bonds is 4. The number of aryl methyl sites for hydroxylation is 1. The molecule has 27 heavy (non-hydrogen) atoms. The van der Waals surface area contributed by atoms with Gasteiger partial charge in [-0.2, -0.15) is 4.98 Å². The first-order valence-corrected chi connectivity index (χ1v) is 9.33. The summed E-state index contributed by atoms with van der Waals surface area (Å²) in [6.07, 6.45) is 0.436. The van der Waals surface area contributed by atoms with E-state index in [-0.39, 0.29) is 17.7 Å². The van der Waals surface area contributed by atoms with Crippen molar-refractivity contribution in [2.75, 3.05) is 13.1 Å². The minimum atomic E-state index is 0.0794. The Morgan fingerprint density at radius 3 is 2.63 bits per heavy atom. The molecule has 0 unspecified atom stereocenters. The molecule has 1 saturated heterocycles. The maximum atomic E-state index is 12.8. The van der Waals surface area contributed by atoms with Gasteiger partial charge in [0.1, 0.15) is 0 Å². The zero-order chi connectivity index (χ0) is 18.8. The molecule has 0 bridgehead atoms. The van der Waals surface area contributed by atoms with E-state index >= 15 is 0 Å². The van der Waals surface area contributed by atoms with Gasteiger partial charge in [-0.05, 0) is 24.0 Å². The lowest BCUT2D eigenvalue weighted by molar-refractivity contribution is -0.129. The Labute approximate surface area is 159 Å². The van der Waals surface area contributed by atoms with Crippen LogP contribution < -0.4 is 0 Å². The Bertz CT molecular complexity index is 935. The van der Waals surface area contributed by atoms with E-state index in [1.54, 1.807) is 0 Å². The van der Waals surface area contributed by atoms with Gasteiger partial charge in [0.15, 0.2) is 0 Å². The molecule has 5 heteroatoms. The summed E-state index contributed by atoms with van der Waals surface area (Å²) in [6.45, 7) is 5.53. The minimum Gasteiger partial charge on any atom is -0.341 e. The van der Waals surface area contributed by atoms with Gasteiger partial charge in [-0.25, -0.2) is 0 Å². The Hall–Kier alpha value is -2.95. The van der Waals surface area contributed by atoms with Gasteiger partial charge >= 0.3 is 0 Å². The van der Waals surface area contributed by atoms with Crippen molar-refractivity contribution >= 4 is 5.91 Å². The van der Waals surface area contributed by atoms with E-state index in [2.05, 4.69) is 17.1 Å². The third-order valence-corrected chi connectivity index (χ3v) is 5.36. The highest BCUT2D eigenvalue weighted by molar-refractivity contribution is 5.79. The predicted molar refractivity (Wildman–Crippen MR) is 103 cm³/mol. The first-order chi connectivity index (χ1) is 13.1. The fourth-order valence-corrected chi connectivity index (χ4v) is 3.67. The van der Waals surface area contributed by atoms with E-state index in [9.17, 15) is 4.79 Å². The number of aromatic nitrogens is 2. The van der Waals surface area contributed by atoms with Crippen LogP contribution in [0, 0.1) is 12.8 Å². The van der Waals surface area contributed by atoms with E-state index in [1.807, 2.05) is 66.4 Å². The average Bonchev–Trinajstić information content (AvgIpc) is 3.31. The number of carbonyl (C=O) groups excluding carboxylic acids is 1. The third kappa shape index (κ3) is 3.63. The molecule has 138 valence electrons. The van der Waals surface area contributed by atoms with Crippen LogP contribution in [0.15, 0.2) is 59.1 Å². The molecule has 1 aliphatic heterocycles. The number of amides is 1. The van der Waals surface area contributed by atoms with Crippen LogP contribution in [-0.2, 0) is 11.2 Å². The molecule has 1 fully saturated rings. The molecule has 3 aromatic rings. The van der Waals surface area contributed by atoms with Crippen LogP contribution in [0.4, 0.5) is 0 Å². The lowest BCUT2D eigenvalue weighted by Gasteiger charge is -2.16. The minimum absolute atomic E-state index is 0.0794. The molecule has 1 aromatic heterocycles.